The molecule has 23 heavy (non-hydrogen) atoms. The molecular formula is C17H17FN2O2S. The number of hydrogen-bond donors (Lipinski definition) is 3. The van der Waals surface area contributed by atoms with Crippen LogP contribution in [0.3, 0.4) is 0 Å². The van der Waals surface area contributed by atoms with Crippen LogP contribution in [0.5, 0.6) is 0 Å². The molecule has 0 aliphatic carbocycles. The smallest absolute Gasteiger partial charge is 0.252 e. The summed E-state index contributed by atoms with van der Waals surface area (Å²) in [5.74, 6) is -0.745. The predicted molar refractivity (Wildman–Crippen MR) is 89.1 cm³/mol. The van der Waals surface area contributed by atoms with E-state index < -0.39 is 0 Å². The van der Waals surface area contributed by atoms with Gasteiger partial charge in [0, 0.05) is 18.0 Å². The topological polar surface area (TPSA) is 58.2 Å². The van der Waals surface area contributed by atoms with E-state index >= 15 is 0 Å². The fraction of sp³-hybridized carbons (Fsp3) is 0.176. The molecule has 0 spiro atoms. The standard InChI is InChI=1S/C17H17FN2O2S/c18-13-7-5-12(6-8-13)11-16(21)19-9-10-20-17(22)14-3-1-2-4-15(14)23/h1-8,23H,9-11H2,(H,19,21)(H,20,22). The summed E-state index contributed by atoms with van der Waals surface area (Å²) in [5.41, 5.74) is 1.23. The third-order valence-corrected chi connectivity index (χ3v) is 3.55. The molecule has 4 nitrogen and oxygen atoms in total. The van der Waals surface area contributed by atoms with Crippen LogP contribution in [0.2, 0.25) is 0 Å². The Morgan fingerprint density at radius 3 is 2.30 bits per heavy atom. The predicted octanol–water partition coefficient (Wildman–Crippen LogP) is 2.20. The van der Waals surface area contributed by atoms with Crippen LogP contribution in [-0.4, -0.2) is 24.9 Å². The number of benzene rings is 2. The van der Waals surface area contributed by atoms with E-state index in [0.717, 1.165) is 5.56 Å². The van der Waals surface area contributed by atoms with E-state index in [1.807, 2.05) is 0 Å². The Hall–Kier alpha value is -2.34. The van der Waals surface area contributed by atoms with Gasteiger partial charge in [-0.1, -0.05) is 24.3 Å². The highest BCUT2D eigenvalue weighted by atomic mass is 32.1. The molecular weight excluding hydrogens is 315 g/mol. The molecule has 0 saturated heterocycles. The zero-order chi connectivity index (χ0) is 16.7. The summed E-state index contributed by atoms with van der Waals surface area (Å²) in [6.45, 7) is 0.636. The normalized spacial score (nSPS) is 10.2. The van der Waals surface area contributed by atoms with Gasteiger partial charge in [-0.3, -0.25) is 9.59 Å². The number of carbonyl (C=O) groups excluding carboxylic acids is 2. The summed E-state index contributed by atoms with van der Waals surface area (Å²) in [7, 11) is 0. The number of thiol groups is 1. The van der Waals surface area contributed by atoms with Crippen molar-refractivity contribution in [3.8, 4) is 0 Å². The number of rotatable bonds is 6. The van der Waals surface area contributed by atoms with Crippen LogP contribution >= 0.6 is 12.6 Å². The van der Waals surface area contributed by atoms with E-state index in [-0.39, 0.29) is 24.1 Å². The molecule has 2 N–H and O–H groups in total. The van der Waals surface area contributed by atoms with Gasteiger partial charge in [0.25, 0.3) is 5.91 Å². The molecule has 2 amide bonds. The van der Waals surface area contributed by atoms with Gasteiger partial charge in [-0.2, -0.15) is 0 Å². The second-order valence-electron chi connectivity index (χ2n) is 4.93. The maximum Gasteiger partial charge on any atom is 0.252 e. The average molecular weight is 332 g/mol. The largest absolute Gasteiger partial charge is 0.354 e. The van der Waals surface area contributed by atoms with E-state index in [9.17, 15) is 14.0 Å². The maximum absolute atomic E-state index is 12.8. The van der Waals surface area contributed by atoms with Crippen molar-refractivity contribution in [3.05, 3.63) is 65.5 Å². The molecule has 6 heteroatoms. The van der Waals surface area contributed by atoms with Gasteiger partial charge < -0.3 is 10.6 Å². The zero-order valence-electron chi connectivity index (χ0n) is 12.4. The van der Waals surface area contributed by atoms with Crippen LogP contribution in [0.1, 0.15) is 15.9 Å². The first-order valence-electron chi connectivity index (χ1n) is 7.13. The Kier molecular flexibility index (Phi) is 6.17. The van der Waals surface area contributed by atoms with Crippen molar-refractivity contribution in [2.45, 2.75) is 11.3 Å². The summed E-state index contributed by atoms with van der Waals surface area (Å²) < 4.78 is 12.8. The van der Waals surface area contributed by atoms with Crippen molar-refractivity contribution in [1.29, 1.82) is 0 Å². The van der Waals surface area contributed by atoms with Crippen LogP contribution in [-0.2, 0) is 11.2 Å². The highest BCUT2D eigenvalue weighted by Crippen LogP contribution is 2.12. The van der Waals surface area contributed by atoms with Gasteiger partial charge in [0.2, 0.25) is 5.91 Å². The van der Waals surface area contributed by atoms with Crippen LogP contribution in [0.25, 0.3) is 0 Å². The highest BCUT2D eigenvalue weighted by Gasteiger charge is 2.08. The van der Waals surface area contributed by atoms with Crippen molar-refractivity contribution in [2.75, 3.05) is 13.1 Å². The second kappa shape index (κ2) is 8.33. The second-order valence-corrected chi connectivity index (χ2v) is 5.41. The molecule has 0 aromatic heterocycles. The van der Waals surface area contributed by atoms with E-state index in [1.54, 1.807) is 36.4 Å². The molecule has 2 aromatic rings. The number of carbonyl (C=O) groups is 2. The third kappa shape index (κ3) is 5.41. The Balaban J connectivity index is 1.71. The number of hydrogen-bond acceptors (Lipinski definition) is 3. The van der Waals surface area contributed by atoms with Gasteiger partial charge >= 0.3 is 0 Å². The molecule has 0 unspecified atom stereocenters. The minimum Gasteiger partial charge on any atom is -0.354 e. The van der Waals surface area contributed by atoms with Crippen LogP contribution in [0, 0.1) is 5.82 Å². The van der Waals surface area contributed by atoms with Gasteiger partial charge in [-0.15, -0.1) is 12.6 Å². The SMILES string of the molecule is O=C(Cc1ccc(F)cc1)NCCNC(=O)c1ccccc1S. The maximum atomic E-state index is 12.8. The molecule has 2 aromatic carbocycles. The molecule has 0 aliphatic heterocycles. The lowest BCUT2D eigenvalue weighted by atomic mass is 10.1. The number of nitrogens with one attached hydrogen (secondary N) is 2. The van der Waals surface area contributed by atoms with Crippen molar-refractivity contribution in [2.24, 2.45) is 0 Å². The molecule has 120 valence electrons. The van der Waals surface area contributed by atoms with Crippen molar-refractivity contribution >= 4 is 24.4 Å². The van der Waals surface area contributed by atoms with Crippen LogP contribution in [0.4, 0.5) is 4.39 Å². The Morgan fingerprint density at radius 1 is 0.957 bits per heavy atom. The van der Waals surface area contributed by atoms with Gasteiger partial charge in [-0.05, 0) is 29.8 Å². The third-order valence-electron chi connectivity index (χ3n) is 3.16. The lowest BCUT2D eigenvalue weighted by Gasteiger charge is -2.08. The lowest BCUT2D eigenvalue weighted by Crippen LogP contribution is -2.35. The van der Waals surface area contributed by atoms with Gasteiger partial charge in [0.1, 0.15) is 5.82 Å². The summed E-state index contributed by atoms with van der Waals surface area (Å²) in [5, 5.41) is 5.42. The Morgan fingerprint density at radius 2 is 1.61 bits per heavy atom. The van der Waals surface area contributed by atoms with E-state index in [1.165, 1.54) is 12.1 Å². The molecule has 0 aliphatic rings. The van der Waals surface area contributed by atoms with E-state index in [4.69, 9.17) is 0 Å². The number of halogens is 1. The van der Waals surface area contributed by atoms with Crippen LogP contribution in [0.15, 0.2) is 53.4 Å². The van der Waals surface area contributed by atoms with Crippen molar-refractivity contribution in [3.63, 3.8) is 0 Å². The minimum absolute atomic E-state index is 0.174. The molecule has 0 atom stereocenters. The molecule has 2 rings (SSSR count). The van der Waals surface area contributed by atoms with Crippen molar-refractivity contribution < 1.29 is 14.0 Å². The quantitative estimate of drug-likeness (QED) is 0.561. The van der Waals surface area contributed by atoms with Gasteiger partial charge in [-0.25, -0.2) is 4.39 Å². The molecule has 0 bridgehead atoms. The first-order chi connectivity index (χ1) is 11.1. The monoisotopic (exact) mass is 332 g/mol. The molecule has 0 heterocycles. The first kappa shape index (κ1) is 17.0. The minimum atomic E-state index is -0.332. The van der Waals surface area contributed by atoms with E-state index in [0.29, 0.717) is 23.5 Å². The molecule has 0 radical (unpaired) electrons. The Bertz CT molecular complexity index is 689. The molecule has 0 saturated carbocycles. The van der Waals surface area contributed by atoms with Crippen molar-refractivity contribution in [1.82, 2.24) is 10.6 Å². The van der Waals surface area contributed by atoms with Gasteiger partial charge in [0.05, 0.1) is 12.0 Å². The fourth-order valence-electron chi connectivity index (χ4n) is 1.99. The number of amides is 2. The van der Waals surface area contributed by atoms with Gasteiger partial charge in [0.15, 0.2) is 0 Å². The zero-order valence-corrected chi connectivity index (χ0v) is 13.3. The first-order valence-corrected chi connectivity index (χ1v) is 7.58. The lowest BCUT2D eigenvalue weighted by molar-refractivity contribution is -0.120. The summed E-state index contributed by atoms with van der Waals surface area (Å²) in [6, 6.07) is 12.8. The highest BCUT2D eigenvalue weighted by molar-refractivity contribution is 7.80. The summed E-state index contributed by atoms with van der Waals surface area (Å²) >= 11 is 4.22. The van der Waals surface area contributed by atoms with Crippen LogP contribution < -0.4 is 10.6 Å². The average Bonchev–Trinajstić information content (AvgIpc) is 2.54. The summed E-state index contributed by atoms with van der Waals surface area (Å²) in [4.78, 5) is 24.3. The Labute approximate surface area is 139 Å². The molecule has 0 fully saturated rings. The van der Waals surface area contributed by atoms with E-state index in [2.05, 4.69) is 23.3 Å². The summed E-state index contributed by atoms with van der Waals surface area (Å²) in [6.07, 6.45) is 0.174. The fourth-order valence-corrected chi connectivity index (χ4v) is 2.25.